The monoisotopic (exact) mass is 304 g/mol. The third kappa shape index (κ3) is 3.32. The molecule has 0 fully saturated rings. The summed E-state index contributed by atoms with van der Waals surface area (Å²) in [6.07, 6.45) is 0.732. The molecule has 1 aromatic rings. The van der Waals surface area contributed by atoms with Gasteiger partial charge in [-0.25, -0.2) is 0 Å². The van der Waals surface area contributed by atoms with Crippen molar-refractivity contribution in [2.75, 3.05) is 6.61 Å². The van der Waals surface area contributed by atoms with Crippen LogP contribution in [0.2, 0.25) is 5.02 Å². The Kier molecular flexibility index (Phi) is 4.96. The Balaban J connectivity index is 3.02. The lowest BCUT2D eigenvalue weighted by Crippen LogP contribution is -2.09. The lowest BCUT2D eigenvalue weighted by molar-refractivity contribution is -0.142. The Morgan fingerprint density at radius 3 is 2.81 bits per heavy atom. The maximum Gasteiger partial charge on any atom is 0.310 e. The van der Waals surface area contributed by atoms with E-state index < -0.39 is 0 Å². The van der Waals surface area contributed by atoms with Crippen molar-refractivity contribution in [3.05, 3.63) is 32.8 Å². The fraction of sp³-hybridized carbons (Fsp3) is 0.273. The molecule has 0 aliphatic heterocycles. The van der Waals surface area contributed by atoms with Gasteiger partial charge < -0.3 is 4.74 Å². The van der Waals surface area contributed by atoms with Crippen molar-refractivity contribution in [3.8, 4) is 0 Å². The van der Waals surface area contributed by atoms with E-state index in [1.54, 1.807) is 19.1 Å². The number of carbonyl (C=O) groups is 2. The number of rotatable bonds is 4. The quantitative estimate of drug-likeness (QED) is 0.634. The van der Waals surface area contributed by atoms with E-state index in [0.717, 1.165) is 0 Å². The summed E-state index contributed by atoms with van der Waals surface area (Å²) in [4.78, 5) is 22.2. The van der Waals surface area contributed by atoms with Crippen molar-refractivity contribution in [2.45, 2.75) is 13.3 Å². The van der Waals surface area contributed by atoms with Gasteiger partial charge in [0.15, 0.2) is 6.29 Å². The number of hydrogen-bond acceptors (Lipinski definition) is 3. The van der Waals surface area contributed by atoms with Crippen molar-refractivity contribution in [3.63, 3.8) is 0 Å². The van der Waals surface area contributed by atoms with Crippen molar-refractivity contribution in [1.29, 1.82) is 0 Å². The van der Waals surface area contributed by atoms with Gasteiger partial charge in [0.2, 0.25) is 0 Å². The summed E-state index contributed by atoms with van der Waals surface area (Å²) < 4.78 is 5.39. The summed E-state index contributed by atoms with van der Waals surface area (Å²) in [5.41, 5.74) is 0.991. The Hall–Kier alpha value is -0.870. The lowest BCUT2D eigenvalue weighted by atomic mass is 10.1. The maximum atomic E-state index is 11.3. The molecule has 1 rings (SSSR count). The molecule has 0 aromatic heterocycles. The second-order valence-corrected chi connectivity index (χ2v) is 4.35. The normalized spacial score (nSPS) is 9.94. The number of carbonyl (C=O) groups excluding carboxylic acids is 2. The van der Waals surface area contributed by atoms with E-state index >= 15 is 0 Å². The van der Waals surface area contributed by atoms with Crippen LogP contribution in [0.25, 0.3) is 0 Å². The van der Waals surface area contributed by atoms with Crippen LogP contribution in [0.5, 0.6) is 0 Å². The molecule has 0 radical (unpaired) electrons. The Morgan fingerprint density at radius 2 is 2.25 bits per heavy atom. The lowest BCUT2D eigenvalue weighted by Gasteiger charge is -2.07. The van der Waals surface area contributed by atoms with Crippen molar-refractivity contribution in [1.82, 2.24) is 0 Å². The molecule has 0 saturated carbocycles. The van der Waals surface area contributed by atoms with Gasteiger partial charge in [-0.2, -0.15) is 0 Å². The average Bonchev–Trinajstić information content (AvgIpc) is 2.17. The van der Waals surface area contributed by atoms with Crippen LogP contribution in [0.15, 0.2) is 16.6 Å². The first-order chi connectivity index (χ1) is 7.58. The van der Waals surface area contributed by atoms with Crippen LogP contribution >= 0.6 is 27.5 Å². The summed E-state index contributed by atoms with van der Waals surface area (Å²) in [5, 5.41) is 0.469. The van der Waals surface area contributed by atoms with Gasteiger partial charge in [0.1, 0.15) is 0 Å². The number of aldehydes is 1. The molecule has 5 heteroatoms. The first-order valence-electron chi connectivity index (χ1n) is 4.67. The molecule has 0 aliphatic carbocycles. The van der Waals surface area contributed by atoms with Gasteiger partial charge in [-0.3, -0.25) is 9.59 Å². The van der Waals surface area contributed by atoms with Gasteiger partial charge in [-0.1, -0.05) is 11.6 Å². The van der Waals surface area contributed by atoms with E-state index in [9.17, 15) is 9.59 Å². The van der Waals surface area contributed by atoms with E-state index in [1.807, 2.05) is 0 Å². The van der Waals surface area contributed by atoms with E-state index in [1.165, 1.54) is 0 Å². The zero-order valence-electron chi connectivity index (χ0n) is 8.63. The van der Waals surface area contributed by atoms with Crippen molar-refractivity contribution < 1.29 is 14.3 Å². The molecule has 0 N–H and O–H groups in total. The summed E-state index contributed by atoms with van der Waals surface area (Å²) in [5.74, 6) is -0.375. The Bertz CT molecular complexity index is 418. The number of hydrogen-bond donors (Lipinski definition) is 0. The van der Waals surface area contributed by atoms with Gasteiger partial charge in [-0.15, -0.1) is 0 Å². The van der Waals surface area contributed by atoms with Gasteiger partial charge in [-0.05, 0) is 40.5 Å². The number of esters is 1. The van der Waals surface area contributed by atoms with Gasteiger partial charge in [0.25, 0.3) is 0 Å². The van der Waals surface area contributed by atoms with Gasteiger partial charge in [0.05, 0.1) is 13.0 Å². The van der Waals surface area contributed by atoms with Crippen LogP contribution in [0.3, 0.4) is 0 Å². The minimum absolute atomic E-state index is 0.0427. The second-order valence-electron chi connectivity index (χ2n) is 3.06. The number of ether oxygens (including phenoxy) is 1. The highest BCUT2D eigenvalue weighted by atomic mass is 79.9. The molecule has 0 heterocycles. The van der Waals surface area contributed by atoms with E-state index in [0.29, 0.717) is 33.5 Å². The molecule has 0 aliphatic rings. The molecular weight excluding hydrogens is 295 g/mol. The molecule has 0 saturated heterocycles. The maximum absolute atomic E-state index is 11.3. The Morgan fingerprint density at radius 1 is 1.56 bits per heavy atom. The summed E-state index contributed by atoms with van der Waals surface area (Å²) >= 11 is 9.06. The third-order valence-corrected chi connectivity index (χ3v) is 2.81. The first-order valence-corrected chi connectivity index (χ1v) is 5.84. The first kappa shape index (κ1) is 13.2. The molecule has 0 amide bonds. The number of halogens is 2. The predicted octanol–water partition coefficient (Wildman–Crippen LogP) is 3.02. The van der Waals surface area contributed by atoms with Crippen molar-refractivity contribution in [2.24, 2.45) is 0 Å². The zero-order valence-corrected chi connectivity index (χ0v) is 11.0. The molecule has 16 heavy (non-hydrogen) atoms. The van der Waals surface area contributed by atoms with Gasteiger partial charge >= 0.3 is 5.97 Å². The fourth-order valence-electron chi connectivity index (χ4n) is 1.28. The van der Waals surface area contributed by atoms with Crippen LogP contribution < -0.4 is 0 Å². The van der Waals surface area contributed by atoms with Crippen LogP contribution in [-0.4, -0.2) is 18.9 Å². The highest BCUT2D eigenvalue weighted by molar-refractivity contribution is 9.10. The van der Waals surface area contributed by atoms with E-state index in [2.05, 4.69) is 15.9 Å². The summed E-state index contributed by atoms with van der Waals surface area (Å²) in [6.45, 7) is 2.05. The van der Waals surface area contributed by atoms with E-state index in [-0.39, 0.29) is 12.4 Å². The standard InChI is InChI=1S/C11H10BrClO3/c1-2-16-11(15)4-7-3-8(13)5-10(12)9(7)6-14/h3,5-6H,2,4H2,1H3. The van der Waals surface area contributed by atoms with Crippen LogP contribution in [0.4, 0.5) is 0 Å². The molecule has 1 aromatic carbocycles. The van der Waals surface area contributed by atoms with Crippen LogP contribution in [0.1, 0.15) is 22.8 Å². The SMILES string of the molecule is CCOC(=O)Cc1cc(Cl)cc(Br)c1C=O. The van der Waals surface area contributed by atoms with Gasteiger partial charge in [0, 0.05) is 15.1 Å². The summed E-state index contributed by atoms with van der Waals surface area (Å²) in [6, 6.07) is 3.20. The molecule has 86 valence electrons. The molecule has 0 spiro atoms. The summed E-state index contributed by atoms with van der Waals surface area (Å²) in [7, 11) is 0. The zero-order chi connectivity index (χ0) is 12.1. The largest absolute Gasteiger partial charge is 0.466 e. The van der Waals surface area contributed by atoms with Crippen LogP contribution in [-0.2, 0) is 16.0 Å². The topological polar surface area (TPSA) is 43.4 Å². The Labute approximate surface area is 107 Å². The third-order valence-electron chi connectivity index (χ3n) is 1.94. The van der Waals surface area contributed by atoms with E-state index in [4.69, 9.17) is 16.3 Å². The molecular formula is C11H10BrClO3. The number of benzene rings is 1. The smallest absolute Gasteiger partial charge is 0.310 e. The highest BCUT2D eigenvalue weighted by Crippen LogP contribution is 2.25. The highest BCUT2D eigenvalue weighted by Gasteiger charge is 2.12. The predicted molar refractivity (Wildman–Crippen MR) is 64.9 cm³/mol. The fourth-order valence-corrected chi connectivity index (χ4v) is 2.25. The molecule has 0 atom stereocenters. The minimum Gasteiger partial charge on any atom is -0.466 e. The minimum atomic E-state index is -0.375. The molecule has 0 bridgehead atoms. The van der Waals surface area contributed by atoms with Crippen LogP contribution in [0, 0.1) is 0 Å². The van der Waals surface area contributed by atoms with Crippen molar-refractivity contribution >= 4 is 39.8 Å². The molecule has 3 nitrogen and oxygen atoms in total. The second kappa shape index (κ2) is 6.01. The average molecular weight is 306 g/mol. The molecule has 0 unspecified atom stereocenters.